The van der Waals surface area contributed by atoms with Crippen molar-refractivity contribution in [2.75, 3.05) is 19.6 Å². The number of nitrogens with one attached hydrogen (secondary N) is 1. The van der Waals surface area contributed by atoms with Crippen LogP contribution in [0.1, 0.15) is 39.0 Å². The lowest BCUT2D eigenvalue weighted by atomic mass is 9.83. The van der Waals surface area contributed by atoms with E-state index in [2.05, 4.69) is 12.2 Å². The van der Waals surface area contributed by atoms with E-state index in [9.17, 15) is 4.79 Å². The quantitative estimate of drug-likeness (QED) is 0.735. The molecule has 2 aliphatic rings. The van der Waals surface area contributed by atoms with Gasteiger partial charge in [0.2, 0.25) is 0 Å². The van der Waals surface area contributed by atoms with Crippen LogP contribution in [0.2, 0.25) is 0 Å². The van der Waals surface area contributed by atoms with Crippen LogP contribution in [0, 0.1) is 5.41 Å². The maximum Gasteiger partial charge on any atom is 0.317 e. The van der Waals surface area contributed by atoms with Gasteiger partial charge in [-0.25, -0.2) is 4.79 Å². The average Bonchev–Trinajstić information content (AvgIpc) is 2.79. The number of hydrogen-bond acceptors (Lipinski definition) is 1. The third-order valence-electron chi connectivity index (χ3n) is 3.89. The average molecular weight is 196 g/mol. The molecule has 1 aliphatic carbocycles. The molecule has 3 nitrogen and oxygen atoms in total. The van der Waals surface area contributed by atoms with Crippen LogP contribution in [0.3, 0.4) is 0 Å². The summed E-state index contributed by atoms with van der Waals surface area (Å²) in [7, 11) is 0. The second-order valence-electron chi connectivity index (χ2n) is 4.71. The van der Waals surface area contributed by atoms with Crippen molar-refractivity contribution in [3.05, 3.63) is 0 Å². The largest absolute Gasteiger partial charge is 0.336 e. The highest BCUT2D eigenvalue weighted by Gasteiger charge is 2.36. The molecule has 0 spiro atoms. The van der Waals surface area contributed by atoms with Crippen LogP contribution >= 0.6 is 0 Å². The van der Waals surface area contributed by atoms with Gasteiger partial charge in [0.1, 0.15) is 0 Å². The maximum absolute atomic E-state index is 11.4. The molecule has 2 amide bonds. The summed E-state index contributed by atoms with van der Waals surface area (Å²) in [5.41, 5.74) is 0.446. The predicted octanol–water partition coefficient (Wildman–Crippen LogP) is 1.98. The second-order valence-corrected chi connectivity index (χ2v) is 4.71. The summed E-state index contributed by atoms with van der Waals surface area (Å²) in [4.78, 5) is 13.4. The summed E-state index contributed by atoms with van der Waals surface area (Å²) in [6.45, 7) is 4.98. The van der Waals surface area contributed by atoms with Crippen LogP contribution in [-0.4, -0.2) is 30.6 Å². The van der Waals surface area contributed by atoms with Gasteiger partial charge in [0.25, 0.3) is 0 Å². The van der Waals surface area contributed by atoms with Crippen molar-refractivity contribution in [1.82, 2.24) is 10.2 Å². The molecule has 1 saturated carbocycles. The van der Waals surface area contributed by atoms with Gasteiger partial charge in [-0.2, -0.15) is 0 Å². The van der Waals surface area contributed by atoms with Gasteiger partial charge in [-0.1, -0.05) is 19.8 Å². The lowest BCUT2D eigenvalue weighted by Gasteiger charge is -2.31. The van der Waals surface area contributed by atoms with E-state index in [1.165, 1.54) is 32.1 Å². The summed E-state index contributed by atoms with van der Waals surface area (Å²) in [5, 5.41) is 2.87. The van der Waals surface area contributed by atoms with Gasteiger partial charge < -0.3 is 10.2 Å². The molecular weight excluding hydrogens is 176 g/mol. The van der Waals surface area contributed by atoms with E-state index in [0.29, 0.717) is 5.41 Å². The van der Waals surface area contributed by atoms with Gasteiger partial charge in [-0.15, -0.1) is 0 Å². The molecule has 1 heterocycles. The molecule has 0 aromatic heterocycles. The van der Waals surface area contributed by atoms with E-state index < -0.39 is 0 Å². The van der Waals surface area contributed by atoms with E-state index in [1.54, 1.807) is 0 Å². The molecule has 14 heavy (non-hydrogen) atoms. The van der Waals surface area contributed by atoms with Gasteiger partial charge in [-0.05, 0) is 24.7 Å². The number of hydrogen-bond donors (Lipinski definition) is 1. The first-order chi connectivity index (χ1) is 6.76. The van der Waals surface area contributed by atoms with Crippen LogP contribution in [0.5, 0.6) is 0 Å². The second kappa shape index (κ2) is 3.79. The van der Waals surface area contributed by atoms with Crippen molar-refractivity contribution in [2.45, 2.75) is 39.0 Å². The van der Waals surface area contributed by atoms with E-state index in [-0.39, 0.29) is 6.03 Å². The third-order valence-corrected chi connectivity index (χ3v) is 3.89. The summed E-state index contributed by atoms with van der Waals surface area (Å²) >= 11 is 0. The van der Waals surface area contributed by atoms with Crippen molar-refractivity contribution >= 4 is 6.03 Å². The fourth-order valence-corrected chi connectivity index (χ4v) is 2.82. The van der Waals surface area contributed by atoms with Crippen molar-refractivity contribution in [1.29, 1.82) is 0 Å². The number of nitrogens with zero attached hydrogens (tertiary/aromatic N) is 1. The summed E-state index contributed by atoms with van der Waals surface area (Å²) in [6.07, 6.45) is 6.55. The monoisotopic (exact) mass is 196 g/mol. The Morgan fingerprint density at radius 2 is 2.14 bits per heavy atom. The van der Waals surface area contributed by atoms with Gasteiger partial charge in [-0.3, -0.25) is 0 Å². The lowest BCUT2D eigenvalue weighted by molar-refractivity contribution is 0.169. The van der Waals surface area contributed by atoms with Crippen LogP contribution in [-0.2, 0) is 0 Å². The fourth-order valence-electron chi connectivity index (χ4n) is 2.82. The van der Waals surface area contributed by atoms with Crippen LogP contribution in [0.25, 0.3) is 0 Å². The van der Waals surface area contributed by atoms with Gasteiger partial charge in [0.15, 0.2) is 0 Å². The van der Waals surface area contributed by atoms with Crippen molar-refractivity contribution in [3.63, 3.8) is 0 Å². The summed E-state index contributed by atoms with van der Waals surface area (Å²) < 4.78 is 0. The number of carbonyl (C=O) groups excluding carboxylic acids is 1. The molecule has 0 unspecified atom stereocenters. The Morgan fingerprint density at radius 3 is 2.64 bits per heavy atom. The highest BCUT2D eigenvalue weighted by atomic mass is 16.2. The fraction of sp³-hybridized carbons (Fsp3) is 0.909. The number of carbonyl (C=O) groups is 1. The Labute approximate surface area is 85.8 Å². The van der Waals surface area contributed by atoms with E-state index >= 15 is 0 Å². The van der Waals surface area contributed by atoms with Crippen molar-refractivity contribution < 1.29 is 4.79 Å². The lowest BCUT2D eigenvalue weighted by Crippen LogP contribution is -2.38. The third kappa shape index (κ3) is 1.72. The minimum Gasteiger partial charge on any atom is -0.336 e. The Morgan fingerprint density at radius 1 is 1.43 bits per heavy atom. The van der Waals surface area contributed by atoms with E-state index in [4.69, 9.17) is 0 Å². The van der Waals surface area contributed by atoms with Gasteiger partial charge in [0, 0.05) is 19.6 Å². The molecule has 2 rings (SSSR count). The SMILES string of the molecule is CCC1(CN2CCNC2=O)CCCC1. The summed E-state index contributed by atoms with van der Waals surface area (Å²) in [5.74, 6) is 0. The number of rotatable bonds is 3. The molecular formula is C11H20N2O. The predicted molar refractivity (Wildman–Crippen MR) is 56.2 cm³/mol. The maximum atomic E-state index is 11.4. The van der Waals surface area contributed by atoms with Crippen LogP contribution < -0.4 is 5.32 Å². The molecule has 0 aromatic rings. The molecule has 1 saturated heterocycles. The Kier molecular flexibility index (Phi) is 2.66. The molecule has 0 bridgehead atoms. The number of amides is 2. The molecule has 0 radical (unpaired) electrons. The molecule has 1 aliphatic heterocycles. The zero-order chi connectivity index (χ0) is 10.0. The molecule has 0 atom stereocenters. The molecule has 1 N–H and O–H groups in total. The van der Waals surface area contributed by atoms with Crippen LogP contribution in [0.15, 0.2) is 0 Å². The van der Waals surface area contributed by atoms with E-state index in [0.717, 1.165) is 19.6 Å². The van der Waals surface area contributed by atoms with E-state index in [1.807, 2.05) is 4.90 Å². The highest BCUT2D eigenvalue weighted by Crippen LogP contribution is 2.41. The first-order valence-corrected chi connectivity index (χ1v) is 5.79. The van der Waals surface area contributed by atoms with Crippen molar-refractivity contribution in [3.8, 4) is 0 Å². The zero-order valence-corrected chi connectivity index (χ0v) is 9.01. The molecule has 2 fully saturated rings. The normalized spacial score (nSPS) is 25.5. The van der Waals surface area contributed by atoms with Crippen LogP contribution in [0.4, 0.5) is 4.79 Å². The summed E-state index contributed by atoms with van der Waals surface area (Å²) in [6, 6.07) is 0.143. The topological polar surface area (TPSA) is 32.3 Å². The number of urea groups is 1. The standard InChI is InChI=1S/C11H20N2O/c1-2-11(5-3-4-6-11)9-13-8-7-12-10(13)14/h2-9H2,1H3,(H,12,14). The van der Waals surface area contributed by atoms with Gasteiger partial charge in [0.05, 0.1) is 0 Å². The Bertz CT molecular complexity index is 221. The minimum absolute atomic E-state index is 0.143. The molecule has 80 valence electrons. The molecule has 0 aromatic carbocycles. The first-order valence-electron chi connectivity index (χ1n) is 5.79. The Balaban J connectivity index is 1.96. The van der Waals surface area contributed by atoms with Gasteiger partial charge >= 0.3 is 6.03 Å². The highest BCUT2D eigenvalue weighted by molar-refractivity contribution is 5.76. The van der Waals surface area contributed by atoms with Crippen molar-refractivity contribution in [2.24, 2.45) is 5.41 Å². The first kappa shape index (κ1) is 9.81. The smallest absolute Gasteiger partial charge is 0.317 e. The zero-order valence-electron chi connectivity index (χ0n) is 9.01. The minimum atomic E-state index is 0.143. The Hall–Kier alpha value is -0.730. The molecule has 3 heteroatoms.